The van der Waals surface area contributed by atoms with Gasteiger partial charge in [-0.2, -0.15) is 0 Å². The van der Waals surface area contributed by atoms with Gasteiger partial charge in [0.2, 0.25) is 0 Å². The van der Waals surface area contributed by atoms with E-state index in [1.807, 2.05) is 30.3 Å². The minimum atomic E-state index is 0.0965. The van der Waals surface area contributed by atoms with Crippen LogP contribution >= 0.6 is 23.2 Å². The van der Waals surface area contributed by atoms with E-state index < -0.39 is 0 Å². The summed E-state index contributed by atoms with van der Waals surface area (Å²) in [7, 11) is 0. The summed E-state index contributed by atoms with van der Waals surface area (Å²) in [5.74, 6) is 0.787. The first kappa shape index (κ1) is 15.7. The number of carbonyl (C=O) groups excluding carboxylic acids is 1. The van der Waals surface area contributed by atoms with E-state index in [9.17, 15) is 4.79 Å². The van der Waals surface area contributed by atoms with E-state index in [2.05, 4.69) is 17.5 Å². The van der Waals surface area contributed by atoms with E-state index in [0.29, 0.717) is 21.9 Å². The topological polar surface area (TPSA) is 29.1 Å². The largest absolute Gasteiger partial charge is 0.378 e. The number of hydrogen-bond donors (Lipinski definition) is 1. The lowest BCUT2D eigenvalue weighted by molar-refractivity contribution is 0.101. The molecule has 0 fully saturated rings. The maximum absolute atomic E-state index is 11.7. The quantitative estimate of drug-likeness (QED) is 0.525. The van der Waals surface area contributed by atoms with Crippen molar-refractivity contribution in [1.29, 1.82) is 0 Å². The highest BCUT2D eigenvalue weighted by Gasteiger charge is 2.38. The van der Waals surface area contributed by atoms with E-state index in [1.54, 1.807) is 13.0 Å². The van der Waals surface area contributed by atoms with Crippen molar-refractivity contribution in [3.05, 3.63) is 75.3 Å². The maximum Gasteiger partial charge on any atom is 0.159 e. The molecule has 0 aromatic heterocycles. The van der Waals surface area contributed by atoms with Crippen molar-refractivity contribution in [2.45, 2.75) is 25.3 Å². The van der Waals surface area contributed by atoms with Gasteiger partial charge in [0, 0.05) is 27.2 Å². The van der Waals surface area contributed by atoms with Crippen LogP contribution in [0.4, 0.5) is 5.69 Å². The molecule has 2 aliphatic rings. The van der Waals surface area contributed by atoms with Crippen molar-refractivity contribution in [2.24, 2.45) is 5.92 Å². The number of hydrogen-bond acceptors (Lipinski definition) is 2. The number of rotatable bonds is 2. The molecule has 4 rings (SSSR count). The highest BCUT2D eigenvalue weighted by Crippen LogP contribution is 2.51. The molecule has 0 unspecified atom stereocenters. The van der Waals surface area contributed by atoms with E-state index in [1.165, 1.54) is 5.56 Å². The smallest absolute Gasteiger partial charge is 0.159 e. The van der Waals surface area contributed by atoms with Gasteiger partial charge < -0.3 is 5.32 Å². The van der Waals surface area contributed by atoms with Crippen molar-refractivity contribution in [1.82, 2.24) is 0 Å². The molecule has 0 spiro atoms. The average Bonchev–Trinajstić information content (AvgIpc) is 3.04. The lowest BCUT2D eigenvalue weighted by Crippen LogP contribution is -2.29. The molecule has 2 aromatic rings. The summed E-state index contributed by atoms with van der Waals surface area (Å²) in [5.41, 5.74) is 4.10. The molecule has 24 heavy (non-hydrogen) atoms. The SMILES string of the molecule is CC(=O)c1ccc2c(c1)[C@@H]1C=CC[C@@H]1[C@H](c1ccc(Cl)cc1Cl)N2. The first-order chi connectivity index (χ1) is 11.5. The number of ketones is 1. The van der Waals surface area contributed by atoms with Crippen LogP contribution in [0.2, 0.25) is 10.0 Å². The number of nitrogens with one attached hydrogen (secondary N) is 1. The van der Waals surface area contributed by atoms with Gasteiger partial charge in [0.1, 0.15) is 0 Å². The van der Waals surface area contributed by atoms with Crippen LogP contribution in [0, 0.1) is 5.92 Å². The Labute approximate surface area is 151 Å². The molecule has 3 atom stereocenters. The molecular weight excluding hydrogens is 341 g/mol. The molecule has 0 amide bonds. The summed E-state index contributed by atoms with van der Waals surface area (Å²) in [6.07, 6.45) is 5.47. The second kappa shape index (κ2) is 5.94. The zero-order chi connectivity index (χ0) is 16.8. The second-order valence-electron chi connectivity index (χ2n) is 6.50. The van der Waals surface area contributed by atoms with Crippen LogP contribution in [-0.2, 0) is 0 Å². The molecular formula is C20H17Cl2NO. The number of fused-ring (bicyclic) bond motifs is 3. The number of halogens is 2. The van der Waals surface area contributed by atoms with Crippen LogP contribution in [0.15, 0.2) is 48.6 Å². The average molecular weight is 358 g/mol. The molecule has 1 N–H and O–H groups in total. The fraction of sp³-hybridized carbons (Fsp3) is 0.250. The summed E-state index contributed by atoms with van der Waals surface area (Å²) < 4.78 is 0. The van der Waals surface area contributed by atoms with Crippen LogP contribution in [-0.4, -0.2) is 5.78 Å². The zero-order valence-electron chi connectivity index (χ0n) is 13.2. The van der Waals surface area contributed by atoms with Gasteiger partial charge in [0.05, 0.1) is 6.04 Å². The Hall–Kier alpha value is -1.77. The van der Waals surface area contributed by atoms with Gasteiger partial charge >= 0.3 is 0 Å². The fourth-order valence-corrected chi connectivity index (χ4v) is 4.40. The maximum atomic E-state index is 11.7. The van der Waals surface area contributed by atoms with Gasteiger partial charge in [-0.05, 0) is 60.7 Å². The Morgan fingerprint density at radius 2 is 1.96 bits per heavy atom. The number of anilines is 1. The molecule has 4 heteroatoms. The van der Waals surface area contributed by atoms with Crippen molar-refractivity contribution in [3.8, 4) is 0 Å². The van der Waals surface area contributed by atoms with Gasteiger partial charge in [-0.3, -0.25) is 4.79 Å². The first-order valence-electron chi connectivity index (χ1n) is 8.07. The van der Waals surface area contributed by atoms with Crippen LogP contribution in [0.5, 0.6) is 0 Å². The van der Waals surface area contributed by atoms with Gasteiger partial charge in [0.25, 0.3) is 0 Å². The Balaban J connectivity index is 1.79. The Kier molecular flexibility index (Phi) is 3.90. The molecule has 0 saturated heterocycles. The monoisotopic (exact) mass is 357 g/mol. The molecule has 1 aliphatic heterocycles. The zero-order valence-corrected chi connectivity index (χ0v) is 14.7. The molecule has 2 aromatic carbocycles. The van der Waals surface area contributed by atoms with Crippen molar-refractivity contribution in [2.75, 3.05) is 5.32 Å². The Morgan fingerprint density at radius 3 is 2.71 bits per heavy atom. The minimum absolute atomic E-state index is 0.0965. The van der Waals surface area contributed by atoms with Gasteiger partial charge in [0.15, 0.2) is 5.78 Å². The lowest BCUT2D eigenvalue weighted by Gasteiger charge is -2.38. The van der Waals surface area contributed by atoms with Gasteiger partial charge in [-0.15, -0.1) is 0 Å². The summed E-state index contributed by atoms with van der Waals surface area (Å²) in [4.78, 5) is 11.7. The number of allylic oxidation sites excluding steroid dienone is 2. The van der Waals surface area contributed by atoms with Crippen molar-refractivity contribution < 1.29 is 4.79 Å². The van der Waals surface area contributed by atoms with Crippen LogP contribution in [0.25, 0.3) is 0 Å². The molecule has 0 bridgehead atoms. The summed E-state index contributed by atoms with van der Waals surface area (Å²) in [6, 6.07) is 11.7. The summed E-state index contributed by atoms with van der Waals surface area (Å²) >= 11 is 12.5. The van der Waals surface area contributed by atoms with E-state index in [-0.39, 0.29) is 11.8 Å². The second-order valence-corrected chi connectivity index (χ2v) is 7.34. The number of carbonyl (C=O) groups is 1. The third-order valence-electron chi connectivity index (χ3n) is 5.07. The molecule has 0 radical (unpaired) electrons. The van der Waals surface area contributed by atoms with Crippen molar-refractivity contribution >= 4 is 34.7 Å². The van der Waals surface area contributed by atoms with Gasteiger partial charge in [-0.25, -0.2) is 0 Å². The third kappa shape index (κ3) is 2.54. The number of Topliss-reactive ketones (excluding diaryl/α,β-unsaturated/α-hetero) is 1. The lowest BCUT2D eigenvalue weighted by atomic mass is 9.76. The van der Waals surface area contributed by atoms with Gasteiger partial charge in [-0.1, -0.05) is 41.4 Å². The van der Waals surface area contributed by atoms with Crippen LogP contribution < -0.4 is 5.32 Å². The van der Waals surface area contributed by atoms with E-state index in [0.717, 1.165) is 23.2 Å². The molecule has 1 aliphatic carbocycles. The molecule has 122 valence electrons. The van der Waals surface area contributed by atoms with Crippen LogP contribution in [0.1, 0.15) is 46.8 Å². The molecule has 0 saturated carbocycles. The summed E-state index contributed by atoms with van der Waals surface area (Å²) in [6.45, 7) is 1.61. The summed E-state index contributed by atoms with van der Waals surface area (Å²) in [5, 5.41) is 4.97. The van der Waals surface area contributed by atoms with Crippen LogP contribution in [0.3, 0.4) is 0 Å². The first-order valence-corrected chi connectivity index (χ1v) is 8.83. The van der Waals surface area contributed by atoms with E-state index >= 15 is 0 Å². The molecule has 2 nitrogen and oxygen atoms in total. The fourth-order valence-electron chi connectivity index (χ4n) is 3.87. The Morgan fingerprint density at radius 1 is 1.12 bits per heavy atom. The third-order valence-corrected chi connectivity index (χ3v) is 5.63. The minimum Gasteiger partial charge on any atom is -0.378 e. The molecule has 1 heterocycles. The predicted molar refractivity (Wildman–Crippen MR) is 99.3 cm³/mol. The Bertz CT molecular complexity index is 859. The highest BCUT2D eigenvalue weighted by molar-refractivity contribution is 6.35. The van der Waals surface area contributed by atoms with E-state index in [4.69, 9.17) is 23.2 Å². The number of benzene rings is 2. The standard InChI is InChI=1S/C20H17Cl2NO/c1-11(24)12-5-8-19-17(9-12)14-3-2-4-15(14)20(23-19)16-7-6-13(21)10-18(16)22/h2-3,5-10,14-15,20,23H,4H2,1H3/t14-,15+,20-/m1/s1. The predicted octanol–water partition coefficient (Wildman–Crippen LogP) is 6.02. The normalized spacial score (nSPS) is 24.2. The highest BCUT2D eigenvalue weighted by atomic mass is 35.5. The van der Waals surface area contributed by atoms with Crippen molar-refractivity contribution in [3.63, 3.8) is 0 Å².